The highest BCUT2D eigenvalue weighted by Crippen LogP contribution is 2.31. The molecule has 0 saturated heterocycles. The van der Waals surface area contributed by atoms with E-state index in [1.165, 1.54) is 0 Å². The Morgan fingerprint density at radius 3 is 2.80 bits per heavy atom. The number of fused-ring (bicyclic) bond motifs is 1. The summed E-state index contributed by atoms with van der Waals surface area (Å²) in [7, 11) is 1.63. The summed E-state index contributed by atoms with van der Waals surface area (Å²) in [6.07, 6.45) is 0. The van der Waals surface area contributed by atoms with Crippen LogP contribution in [0.4, 0.5) is 5.95 Å². The second-order valence-electron chi connectivity index (χ2n) is 4.26. The number of methoxy groups -OCH3 is 1. The Hall–Kier alpha value is -1.72. The zero-order valence-corrected chi connectivity index (χ0v) is 12.9. The van der Waals surface area contributed by atoms with E-state index in [0.29, 0.717) is 11.0 Å². The minimum atomic E-state index is 0.399. The number of nitrogens with two attached hydrogens (primary N) is 1. The van der Waals surface area contributed by atoms with Crippen LogP contribution in [-0.4, -0.2) is 16.7 Å². The van der Waals surface area contributed by atoms with Gasteiger partial charge in [0.25, 0.3) is 0 Å². The Kier molecular flexibility index (Phi) is 3.31. The second kappa shape index (κ2) is 5.00. The molecule has 0 saturated carbocycles. The largest absolute Gasteiger partial charge is 0.497 e. The number of nitrogens with zero attached hydrogens (tertiary/aromatic N) is 2. The Morgan fingerprint density at radius 2 is 2.05 bits per heavy atom. The van der Waals surface area contributed by atoms with E-state index in [1.807, 2.05) is 34.9 Å². The molecule has 0 aliphatic rings. The van der Waals surface area contributed by atoms with Crippen molar-refractivity contribution >= 4 is 44.5 Å². The van der Waals surface area contributed by atoms with Gasteiger partial charge in [0, 0.05) is 15.6 Å². The number of nitrogen functional groups attached to an aromatic ring is 1. The number of halogens is 2. The monoisotopic (exact) mass is 351 g/mol. The molecule has 0 bridgehead atoms. The fourth-order valence-electron chi connectivity index (χ4n) is 2.12. The number of rotatable bonds is 2. The first-order valence-electron chi connectivity index (χ1n) is 5.87. The maximum Gasteiger partial charge on any atom is 0.205 e. The van der Waals surface area contributed by atoms with Crippen molar-refractivity contribution in [3.63, 3.8) is 0 Å². The molecule has 2 aromatic carbocycles. The molecule has 1 heterocycles. The van der Waals surface area contributed by atoms with Crippen LogP contribution in [0.1, 0.15) is 0 Å². The van der Waals surface area contributed by atoms with Crippen LogP contribution < -0.4 is 10.5 Å². The maximum atomic E-state index is 6.04. The molecule has 2 N–H and O–H groups in total. The second-order valence-corrected chi connectivity index (χ2v) is 5.55. The van der Waals surface area contributed by atoms with Crippen LogP contribution in [0.2, 0.25) is 5.02 Å². The van der Waals surface area contributed by atoms with Gasteiger partial charge in [-0.2, -0.15) is 0 Å². The van der Waals surface area contributed by atoms with Gasteiger partial charge in [0.05, 0.1) is 23.8 Å². The Morgan fingerprint density at radius 1 is 1.25 bits per heavy atom. The van der Waals surface area contributed by atoms with Gasteiger partial charge in [0.1, 0.15) is 5.75 Å². The summed E-state index contributed by atoms with van der Waals surface area (Å²) in [5.74, 6) is 1.15. The Labute approximate surface area is 129 Å². The summed E-state index contributed by atoms with van der Waals surface area (Å²) in [6.45, 7) is 0. The summed E-state index contributed by atoms with van der Waals surface area (Å²) >= 11 is 9.52. The molecule has 3 rings (SSSR count). The van der Waals surface area contributed by atoms with Gasteiger partial charge in [-0.05, 0) is 46.3 Å². The highest BCUT2D eigenvalue weighted by atomic mass is 79.9. The smallest absolute Gasteiger partial charge is 0.205 e. The topological polar surface area (TPSA) is 53.1 Å². The molecule has 6 heteroatoms. The van der Waals surface area contributed by atoms with Crippen LogP contribution >= 0.6 is 27.5 Å². The molecule has 0 spiro atoms. The minimum absolute atomic E-state index is 0.399. The molecular formula is C14H11BrClN3O. The van der Waals surface area contributed by atoms with Gasteiger partial charge in [0.15, 0.2) is 0 Å². The third kappa shape index (κ3) is 2.13. The SMILES string of the molecule is COc1ccc(Br)c(-n2c(N)nc3cc(Cl)ccc32)c1. The molecule has 0 aliphatic heterocycles. The number of anilines is 1. The van der Waals surface area contributed by atoms with Gasteiger partial charge in [-0.25, -0.2) is 4.98 Å². The van der Waals surface area contributed by atoms with Crippen molar-refractivity contribution in [3.8, 4) is 11.4 Å². The molecule has 102 valence electrons. The lowest BCUT2D eigenvalue weighted by Gasteiger charge is -2.10. The Bertz CT molecular complexity index is 800. The summed E-state index contributed by atoms with van der Waals surface area (Å²) in [5, 5.41) is 0.631. The summed E-state index contributed by atoms with van der Waals surface area (Å²) < 4.78 is 8.02. The fourth-order valence-corrected chi connectivity index (χ4v) is 2.71. The minimum Gasteiger partial charge on any atom is -0.497 e. The van der Waals surface area contributed by atoms with E-state index in [1.54, 1.807) is 13.2 Å². The van der Waals surface area contributed by atoms with Gasteiger partial charge in [-0.15, -0.1) is 0 Å². The molecule has 20 heavy (non-hydrogen) atoms. The summed E-state index contributed by atoms with van der Waals surface area (Å²) in [4.78, 5) is 4.34. The average molecular weight is 353 g/mol. The Balaban J connectivity index is 2.31. The van der Waals surface area contributed by atoms with Gasteiger partial charge >= 0.3 is 0 Å². The number of imidazole rings is 1. The quantitative estimate of drug-likeness (QED) is 0.757. The van der Waals surface area contributed by atoms with Gasteiger partial charge in [-0.1, -0.05) is 11.6 Å². The van der Waals surface area contributed by atoms with Crippen molar-refractivity contribution in [2.45, 2.75) is 0 Å². The third-order valence-corrected chi connectivity index (χ3v) is 3.94. The van der Waals surface area contributed by atoms with Crippen molar-refractivity contribution in [2.75, 3.05) is 12.8 Å². The van der Waals surface area contributed by atoms with Crippen molar-refractivity contribution in [1.82, 2.24) is 9.55 Å². The number of ether oxygens (including phenoxy) is 1. The summed E-state index contributed by atoms with van der Waals surface area (Å²) in [5.41, 5.74) is 8.55. The lowest BCUT2D eigenvalue weighted by atomic mass is 10.2. The molecule has 0 fully saturated rings. The van der Waals surface area contributed by atoms with Gasteiger partial charge in [-0.3, -0.25) is 4.57 Å². The number of aromatic nitrogens is 2. The number of hydrogen-bond acceptors (Lipinski definition) is 3. The fraction of sp³-hybridized carbons (Fsp3) is 0.0714. The standard InChI is InChI=1S/C14H11BrClN3O/c1-20-9-3-4-10(15)13(7-9)19-12-5-2-8(16)6-11(12)18-14(19)17/h2-7H,1H3,(H2,17,18). The van der Waals surface area contributed by atoms with Crippen LogP contribution in [0, 0.1) is 0 Å². The van der Waals surface area contributed by atoms with Gasteiger partial charge < -0.3 is 10.5 Å². The van der Waals surface area contributed by atoms with E-state index < -0.39 is 0 Å². The van der Waals surface area contributed by atoms with E-state index in [9.17, 15) is 0 Å². The van der Waals surface area contributed by atoms with Crippen LogP contribution in [0.5, 0.6) is 5.75 Å². The van der Waals surface area contributed by atoms with Crippen LogP contribution in [0.3, 0.4) is 0 Å². The zero-order valence-electron chi connectivity index (χ0n) is 10.6. The molecule has 0 aliphatic carbocycles. The van der Waals surface area contributed by atoms with Crippen LogP contribution in [-0.2, 0) is 0 Å². The van der Waals surface area contributed by atoms with E-state index >= 15 is 0 Å². The van der Waals surface area contributed by atoms with Crippen molar-refractivity contribution in [1.29, 1.82) is 0 Å². The maximum absolute atomic E-state index is 6.04. The highest BCUT2D eigenvalue weighted by molar-refractivity contribution is 9.10. The predicted molar refractivity (Wildman–Crippen MR) is 84.7 cm³/mol. The summed E-state index contributed by atoms with van der Waals surface area (Å²) in [6, 6.07) is 11.2. The predicted octanol–water partition coefficient (Wildman–Crippen LogP) is 4.03. The molecule has 0 atom stereocenters. The van der Waals surface area contributed by atoms with Crippen molar-refractivity contribution < 1.29 is 4.74 Å². The molecular weight excluding hydrogens is 342 g/mol. The molecule has 4 nitrogen and oxygen atoms in total. The first kappa shape index (κ1) is 13.3. The zero-order chi connectivity index (χ0) is 14.3. The normalized spacial score (nSPS) is 10.9. The van der Waals surface area contributed by atoms with E-state index in [4.69, 9.17) is 22.1 Å². The number of benzene rings is 2. The van der Waals surface area contributed by atoms with Gasteiger partial charge in [0.2, 0.25) is 5.95 Å². The highest BCUT2D eigenvalue weighted by Gasteiger charge is 2.13. The molecule has 0 radical (unpaired) electrons. The van der Waals surface area contributed by atoms with E-state index in [2.05, 4.69) is 20.9 Å². The first-order chi connectivity index (χ1) is 9.60. The van der Waals surface area contributed by atoms with Crippen molar-refractivity contribution in [2.24, 2.45) is 0 Å². The third-order valence-electron chi connectivity index (χ3n) is 3.04. The lowest BCUT2D eigenvalue weighted by Crippen LogP contribution is -2.01. The first-order valence-corrected chi connectivity index (χ1v) is 7.04. The van der Waals surface area contributed by atoms with E-state index in [-0.39, 0.29) is 0 Å². The molecule has 0 unspecified atom stereocenters. The number of hydrogen-bond donors (Lipinski definition) is 1. The molecule has 1 aromatic heterocycles. The average Bonchev–Trinajstić information content (AvgIpc) is 2.74. The molecule has 3 aromatic rings. The molecule has 0 amide bonds. The lowest BCUT2D eigenvalue weighted by molar-refractivity contribution is 0.414. The van der Waals surface area contributed by atoms with Crippen LogP contribution in [0.25, 0.3) is 16.7 Å². The van der Waals surface area contributed by atoms with E-state index in [0.717, 1.165) is 26.9 Å². The van der Waals surface area contributed by atoms with Crippen LogP contribution in [0.15, 0.2) is 40.9 Å². The van der Waals surface area contributed by atoms with Crippen molar-refractivity contribution in [3.05, 3.63) is 45.9 Å².